The van der Waals surface area contributed by atoms with E-state index in [-0.39, 0.29) is 5.15 Å². The van der Waals surface area contributed by atoms with E-state index in [1.165, 1.54) is 20.2 Å². The lowest BCUT2D eigenvalue weighted by Crippen LogP contribution is -2.23. The van der Waals surface area contributed by atoms with Crippen molar-refractivity contribution in [2.75, 3.05) is 14.1 Å². The molecule has 0 fully saturated rings. The Morgan fingerprint density at radius 1 is 1.43 bits per heavy atom. The first-order valence-corrected chi connectivity index (χ1v) is 5.42. The fraction of sp³-hybridized carbons (Fsp3) is 0.286. The molecule has 0 unspecified atom stereocenters. The molecule has 1 rings (SSSR count). The Morgan fingerprint density at radius 3 is 2.43 bits per heavy atom. The van der Waals surface area contributed by atoms with Gasteiger partial charge in [0.2, 0.25) is 16.0 Å². The van der Waals surface area contributed by atoms with Crippen LogP contribution in [0.15, 0.2) is 17.0 Å². The molecule has 4 nitrogen and oxygen atoms in total. The number of aromatic nitrogens is 1. The summed E-state index contributed by atoms with van der Waals surface area (Å²) in [5.41, 5.74) is 0. The fourth-order valence-electron chi connectivity index (χ4n) is 0.788. The molecule has 0 aromatic carbocycles. The topological polar surface area (TPSA) is 50.3 Å². The highest BCUT2D eigenvalue weighted by atomic mass is 35.5. The fourth-order valence-corrected chi connectivity index (χ4v) is 1.82. The third-order valence-corrected chi connectivity index (χ3v) is 3.57. The van der Waals surface area contributed by atoms with Gasteiger partial charge >= 0.3 is 0 Å². The molecule has 0 aliphatic rings. The van der Waals surface area contributed by atoms with Crippen LogP contribution in [-0.2, 0) is 10.0 Å². The molecule has 0 saturated heterocycles. The lowest BCUT2D eigenvalue weighted by Gasteiger charge is -2.11. The number of hydrogen-bond acceptors (Lipinski definition) is 3. The van der Waals surface area contributed by atoms with Crippen LogP contribution >= 0.6 is 11.6 Å². The molecule has 7 heteroatoms. The van der Waals surface area contributed by atoms with Gasteiger partial charge in [0, 0.05) is 14.1 Å². The first-order valence-electron chi connectivity index (χ1n) is 3.60. The van der Waals surface area contributed by atoms with Gasteiger partial charge in [-0.1, -0.05) is 11.6 Å². The van der Waals surface area contributed by atoms with Crippen LogP contribution in [0.4, 0.5) is 4.39 Å². The van der Waals surface area contributed by atoms with Crippen LogP contribution < -0.4 is 0 Å². The predicted octanol–water partition coefficient (Wildman–Crippen LogP) is 1.12. The van der Waals surface area contributed by atoms with E-state index in [0.717, 1.165) is 10.4 Å². The molecular formula is C7H8ClFN2O2S. The number of sulfonamides is 1. The standard InChI is InChI=1S/C7H8ClFN2O2S/c1-11(2)14(12,13)5-3-4-6(8)10-7(5)9/h3-4H,1-2H3. The van der Waals surface area contributed by atoms with Crippen molar-refractivity contribution in [3.63, 3.8) is 0 Å². The summed E-state index contributed by atoms with van der Waals surface area (Å²) in [5, 5.41) is -0.0831. The molecule has 0 spiro atoms. The van der Waals surface area contributed by atoms with E-state index in [4.69, 9.17) is 11.6 Å². The monoisotopic (exact) mass is 238 g/mol. The highest BCUT2D eigenvalue weighted by molar-refractivity contribution is 7.89. The first-order chi connectivity index (χ1) is 6.35. The summed E-state index contributed by atoms with van der Waals surface area (Å²) in [6.07, 6.45) is 0. The van der Waals surface area contributed by atoms with Crippen molar-refractivity contribution in [1.29, 1.82) is 0 Å². The van der Waals surface area contributed by atoms with E-state index >= 15 is 0 Å². The summed E-state index contributed by atoms with van der Waals surface area (Å²) in [6.45, 7) is 0. The first kappa shape index (κ1) is 11.4. The lowest BCUT2D eigenvalue weighted by molar-refractivity contribution is 0.498. The van der Waals surface area contributed by atoms with E-state index in [9.17, 15) is 12.8 Å². The largest absolute Gasteiger partial charge is 0.247 e. The Kier molecular flexibility index (Phi) is 3.08. The molecule has 0 N–H and O–H groups in total. The maximum atomic E-state index is 13.1. The van der Waals surface area contributed by atoms with Crippen molar-refractivity contribution >= 4 is 21.6 Å². The second-order valence-electron chi connectivity index (χ2n) is 2.71. The van der Waals surface area contributed by atoms with E-state index in [2.05, 4.69) is 4.98 Å². The van der Waals surface area contributed by atoms with E-state index in [0.29, 0.717) is 0 Å². The molecule has 0 aliphatic carbocycles. The van der Waals surface area contributed by atoms with Crippen LogP contribution in [0, 0.1) is 5.95 Å². The van der Waals surface area contributed by atoms with Crippen LogP contribution in [0.5, 0.6) is 0 Å². The Balaban J connectivity index is 3.35. The van der Waals surface area contributed by atoms with Crippen LogP contribution in [0.25, 0.3) is 0 Å². The Morgan fingerprint density at radius 2 is 2.00 bits per heavy atom. The molecule has 0 atom stereocenters. The second-order valence-corrected chi connectivity index (χ2v) is 5.22. The van der Waals surface area contributed by atoms with Gasteiger partial charge in [-0.05, 0) is 12.1 Å². The lowest BCUT2D eigenvalue weighted by atomic mass is 10.5. The summed E-state index contributed by atoms with van der Waals surface area (Å²) < 4.78 is 36.9. The number of halogens is 2. The minimum atomic E-state index is -3.79. The smallest absolute Gasteiger partial charge is 0.207 e. The highest BCUT2D eigenvalue weighted by Gasteiger charge is 2.22. The maximum Gasteiger partial charge on any atom is 0.247 e. The van der Waals surface area contributed by atoms with Gasteiger partial charge in [0.1, 0.15) is 10.0 Å². The molecule has 78 valence electrons. The average molecular weight is 239 g/mol. The Labute approximate surface area is 86.4 Å². The van der Waals surface area contributed by atoms with Crippen LogP contribution in [-0.4, -0.2) is 31.8 Å². The van der Waals surface area contributed by atoms with Gasteiger partial charge in [0.15, 0.2) is 0 Å². The SMILES string of the molecule is CN(C)S(=O)(=O)c1ccc(Cl)nc1F. The average Bonchev–Trinajstić information content (AvgIpc) is 2.02. The van der Waals surface area contributed by atoms with Crippen molar-refractivity contribution in [3.05, 3.63) is 23.2 Å². The molecule has 0 radical (unpaired) electrons. The Bertz CT molecular complexity index is 447. The molecule has 0 bridgehead atoms. The number of rotatable bonds is 2. The molecule has 1 aromatic heterocycles. The maximum absolute atomic E-state index is 13.1. The number of nitrogens with zero attached hydrogens (tertiary/aromatic N) is 2. The third-order valence-electron chi connectivity index (χ3n) is 1.54. The van der Waals surface area contributed by atoms with Crippen LogP contribution in [0.1, 0.15) is 0 Å². The van der Waals surface area contributed by atoms with E-state index in [1.807, 2.05) is 0 Å². The van der Waals surface area contributed by atoms with Crippen molar-refractivity contribution in [3.8, 4) is 0 Å². The van der Waals surface area contributed by atoms with E-state index < -0.39 is 20.9 Å². The minimum Gasteiger partial charge on any atom is -0.207 e. The van der Waals surface area contributed by atoms with Crippen molar-refractivity contribution in [1.82, 2.24) is 9.29 Å². The molecular weight excluding hydrogens is 231 g/mol. The van der Waals surface area contributed by atoms with Crippen molar-refractivity contribution in [2.24, 2.45) is 0 Å². The quantitative estimate of drug-likeness (QED) is 0.726. The summed E-state index contributed by atoms with van der Waals surface area (Å²) >= 11 is 5.39. The summed E-state index contributed by atoms with van der Waals surface area (Å²) in [7, 11) is -1.17. The molecule has 0 aliphatic heterocycles. The molecule has 14 heavy (non-hydrogen) atoms. The molecule has 0 amide bonds. The van der Waals surface area contributed by atoms with Gasteiger partial charge in [-0.25, -0.2) is 17.7 Å². The van der Waals surface area contributed by atoms with Gasteiger partial charge in [-0.2, -0.15) is 4.39 Å². The normalized spacial score (nSPS) is 12.1. The zero-order valence-electron chi connectivity index (χ0n) is 7.53. The van der Waals surface area contributed by atoms with Gasteiger partial charge in [-0.15, -0.1) is 0 Å². The van der Waals surface area contributed by atoms with Crippen LogP contribution in [0.3, 0.4) is 0 Å². The third kappa shape index (κ3) is 2.02. The number of pyridine rings is 1. The predicted molar refractivity (Wildman–Crippen MR) is 50.1 cm³/mol. The van der Waals surface area contributed by atoms with Crippen LogP contribution in [0.2, 0.25) is 5.15 Å². The zero-order valence-corrected chi connectivity index (χ0v) is 9.10. The van der Waals surface area contributed by atoms with Gasteiger partial charge in [0.05, 0.1) is 0 Å². The molecule has 0 saturated carbocycles. The molecule has 1 heterocycles. The molecule has 1 aromatic rings. The summed E-state index contributed by atoms with van der Waals surface area (Å²) in [5.74, 6) is -1.09. The Hall–Kier alpha value is -0.720. The van der Waals surface area contributed by atoms with Crippen molar-refractivity contribution < 1.29 is 12.8 Å². The van der Waals surface area contributed by atoms with Gasteiger partial charge < -0.3 is 0 Å². The highest BCUT2D eigenvalue weighted by Crippen LogP contribution is 2.17. The minimum absolute atomic E-state index is 0.0831. The second kappa shape index (κ2) is 3.80. The number of hydrogen-bond donors (Lipinski definition) is 0. The summed E-state index contributed by atoms with van der Waals surface area (Å²) in [4.78, 5) is 2.74. The van der Waals surface area contributed by atoms with Gasteiger partial charge in [0.25, 0.3) is 0 Å². The summed E-state index contributed by atoms with van der Waals surface area (Å²) in [6, 6.07) is 2.31. The zero-order chi connectivity index (χ0) is 10.9. The van der Waals surface area contributed by atoms with Crippen molar-refractivity contribution in [2.45, 2.75) is 4.90 Å². The van der Waals surface area contributed by atoms with E-state index in [1.54, 1.807) is 0 Å². The van der Waals surface area contributed by atoms with Gasteiger partial charge in [-0.3, -0.25) is 0 Å².